The van der Waals surface area contributed by atoms with E-state index in [9.17, 15) is 9.59 Å². The summed E-state index contributed by atoms with van der Waals surface area (Å²) in [6.07, 6.45) is 2.78. The highest BCUT2D eigenvalue weighted by Gasteiger charge is 2.10. The van der Waals surface area contributed by atoms with Crippen molar-refractivity contribution in [2.75, 3.05) is 6.54 Å². The zero-order valence-corrected chi connectivity index (χ0v) is 14.2. The molecule has 0 unspecified atom stereocenters. The molecule has 0 aliphatic carbocycles. The van der Waals surface area contributed by atoms with Crippen LogP contribution in [0.2, 0.25) is 5.02 Å². The molecule has 0 aliphatic heterocycles. The van der Waals surface area contributed by atoms with E-state index in [4.69, 9.17) is 11.6 Å². The maximum absolute atomic E-state index is 12.0. The Morgan fingerprint density at radius 1 is 1.04 bits per heavy atom. The fraction of sp³-hybridized carbons (Fsp3) is 0.222. The lowest BCUT2D eigenvalue weighted by Gasteiger charge is -2.05. The molecule has 1 amide bonds. The third kappa shape index (κ3) is 4.42. The van der Waals surface area contributed by atoms with Gasteiger partial charge in [0.05, 0.1) is 0 Å². The molecule has 2 aromatic heterocycles. The van der Waals surface area contributed by atoms with Gasteiger partial charge in [-0.25, -0.2) is 0 Å². The number of ketones is 1. The van der Waals surface area contributed by atoms with E-state index in [2.05, 4.69) is 15.5 Å². The standard InChI is InChI=1S/C18H17ClN4O2/c19-14-6-4-13(5-7-14)15(24)8-9-18(25)20-11-10-17-22-21-16-3-1-2-12-23(16)17/h1-7,12H,8-11H2,(H,20,25). The van der Waals surface area contributed by atoms with Crippen molar-refractivity contribution in [3.63, 3.8) is 0 Å². The largest absolute Gasteiger partial charge is 0.356 e. The number of hydrogen-bond acceptors (Lipinski definition) is 4. The van der Waals surface area contributed by atoms with Gasteiger partial charge in [-0.1, -0.05) is 17.7 Å². The van der Waals surface area contributed by atoms with E-state index >= 15 is 0 Å². The molecule has 3 rings (SSSR count). The SMILES string of the molecule is O=C(CCC(=O)c1ccc(Cl)cc1)NCCc1nnc2ccccn12. The van der Waals surface area contributed by atoms with Gasteiger partial charge in [0.15, 0.2) is 11.4 Å². The molecule has 0 spiro atoms. The van der Waals surface area contributed by atoms with E-state index in [0.29, 0.717) is 23.6 Å². The Bertz CT molecular complexity index is 889. The van der Waals surface area contributed by atoms with E-state index in [1.165, 1.54) is 0 Å². The fourth-order valence-electron chi connectivity index (χ4n) is 2.47. The summed E-state index contributed by atoms with van der Waals surface area (Å²) in [5.74, 6) is 0.555. The van der Waals surface area contributed by atoms with Gasteiger partial charge >= 0.3 is 0 Å². The molecule has 25 heavy (non-hydrogen) atoms. The smallest absolute Gasteiger partial charge is 0.220 e. The molecule has 0 fully saturated rings. The quantitative estimate of drug-likeness (QED) is 0.660. The predicted molar refractivity (Wildman–Crippen MR) is 94.7 cm³/mol. The van der Waals surface area contributed by atoms with Crippen LogP contribution in [0.25, 0.3) is 5.65 Å². The second-order valence-electron chi connectivity index (χ2n) is 5.58. The van der Waals surface area contributed by atoms with E-state index < -0.39 is 0 Å². The highest BCUT2D eigenvalue weighted by molar-refractivity contribution is 6.30. The van der Waals surface area contributed by atoms with Crippen LogP contribution < -0.4 is 5.32 Å². The number of benzene rings is 1. The first-order chi connectivity index (χ1) is 12.1. The molecule has 0 saturated carbocycles. The Kier molecular flexibility index (Phi) is 5.40. The molecule has 2 heterocycles. The minimum Gasteiger partial charge on any atom is -0.356 e. The van der Waals surface area contributed by atoms with Gasteiger partial charge in [0.2, 0.25) is 5.91 Å². The topological polar surface area (TPSA) is 76.4 Å². The van der Waals surface area contributed by atoms with Gasteiger partial charge in [-0.05, 0) is 36.4 Å². The molecule has 0 saturated heterocycles. The van der Waals surface area contributed by atoms with Gasteiger partial charge in [0, 0.05) is 42.6 Å². The first-order valence-corrected chi connectivity index (χ1v) is 8.35. The summed E-state index contributed by atoms with van der Waals surface area (Å²) >= 11 is 5.79. The molecular formula is C18H17ClN4O2. The number of aromatic nitrogens is 3. The summed E-state index contributed by atoms with van der Waals surface area (Å²) in [5, 5.41) is 11.6. The number of amides is 1. The lowest BCUT2D eigenvalue weighted by Crippen LogP contribution is -2.26. The minimum atomic E-state index is -0.156. The lowest BCUT2D eigenvalue weighted by atomic mass is 10.1. The molecule has 6 nitrogen and oxygen atoms in total. The van der Waals surface area contributed by atoms with Crippen LogP contribution in [-0.4, -0.2) is 32.8 Å². The van der Waals surface area contributed by atoms with Crippen LogP contribution in [0.15, 0.2) is 48.7 Å². The number of rotatable bonds is 7. The second-order valence-corrected chi connectivity index (χ2v) is 6.01. The maximum atomic E-state index is 12.0. The van der Waals surface area contributed by atoms with Crippen molar-refractivity contribution in [2.45, 2.75) is 19.3 Å². The minimum absolute atomic E-state index is 0.0738. The third-order valence-electron chi connectivity index (χ3n) is 3.80. The summed E-state index contributed by atoms with van der Waals surface area (Å²) in [5.41, 5.74) is 1.34. The summed E-state index contributed by atoms with van der Waals surface area (Å²) < 4.78 is 1.89. The van der Waals surface area contributed by atoms with Crippen LogP contribution in [0.4, 0.5) is 0 Å². The monoisotopic (exact) mass is 356 g/mol. The van der Waals surface area contributed by atoms with Gasteiger partial charge in [0.25, 0.3) is 0 Å². The van der Waals surface area contributed by atoms with Crippen LogP contribution >= 0.6 is 11.6 Å². The van der Waals surface area contributed by atoms with Gasteiger partial charge in [-0.15, -0.1) is 10.2 Å². The number of halogens is 1. The number of nitrogens with zero attached hydrogens (tertiary/aromatic N) is 3. The van der Waals surface area contributed by atoms with E-state index in [1.807, 2.05) is 28.8 Å². The van der Waals surface area contributed by atoms with Crippen molar-refractivity contribution in [3.05, 3.63) is 65.1 Å². The van der Waals surface area contributed by atoms with Crippen molar-refractivity contribution in [2.24, 2.45) is 0 Å². The number of fused-ring (bicyclic) bond motifs is 1. The first kappa shape index (κ1) is 17.1. The number of carbonyl (C=O) groups is 2. The fourth-order valence-corrected chi connectivity index (χ4v) is 2.60. The van der Waals surface area contributed by atoms with Crippen molar-refractivity contribution in [3.8, 4) is 0 Å². The summed E-state index contributed by atoms with van der Waals surface area (Å²) in [4.78, 5) is 23.9. The Morgan fingerprint density at radius 2 is 1.84 bits per heavy atom. The zero-order chi connectivity index (χ0) is 17.6. The number of Topliss-reactive ketones (excluding diaryl/α,β-unsaturated/α-hetero) is 1. The molecule has 3 aromatic rings. The Balaban J connectivity index is 1.44. The summed E-state index contributed by atoms with van der Waals surface area (Å²) in [7, 11) is 0. The average molecular weight is 357 g/mol. The van der Waals surface area contributed by atoms with Crippen LogP contribution in [-0.2, 0) is 11.2 Å². The van der Waals surface area contributed by atoms with Crippen LogP contribution in [0.3, 0.4) is 0 Å². The van der Waals surface area contributed by atoms with Crippen molar-refractivity contribution < 1.29 is 9.59 Å². The van der Waals surface area contributed by atoms with Gasteiger partial charge in [-0.2, -0.15) is 0 Å². The summed E-state index contributed by atoms with van der Waals surface area (Å²) in [6, 6.07) is 12.3. The lowest BCUT2D eigenvalue weighted by molar-refractivity contribution is -0.121. The van der Waals surface area contributed by atoms with Crippen LogP contribution in [0, 0.1) is 0 Å². The number of carbonyl (C=O) groups excluding carboxylic acids is 2. The molecule has 0 atom stereocenters. The predicted octanol–water partition coefficient (Wildman–Crippen LogP) is 2.70. The number of pyridine rings is 1. The normalized spacial score (nSPS) is 10.8. The Morgan fingerprint density at radius 3 is 2.64 bits per heavy atom. The van der Waals surface area contributed by atoms with Gasteiger partial charge in [0.1, 0.15) is 5.82 Å². The second kappa shape index (κ2) is 7.90. The van der Waals surface area contributed by atoms with E-state index in [-0.39, 0.29) is 24.5 Å². The van der Waals surface area contributed by atoms with Crippen LogP contribution in [0.5, 0.6) is 0 Å². The highest BCUT2D eigenvalue weighted by atomic mass is 35.5. The van der Waals surface area contributed by atoms with Gasteiger partial charge in [-0.3, -0.25) is 14.0 Å². The van der Waals surface area contributed by atoms with Crippen molar-refractivity contribution in [1.82, 2.24) is 19.9 Å². The number of hydrogen-bond donors (Lipinski definition) is 1. The molecule has 1 N–H and O–H groups in total. The average Bonchev–Trinajstić information content (AvgIpc) is 3.04. The van der Waals surface area contributed by atoms with Crippen molar-refractivity contribution in [1.29, 1.82) is 0 Å². The highest BCUT2D eigenvalue weighted by Crippen LogP contribution is 2.12. The molecule has 0 radical (unpaired) electrons. The molecule has 7 heteroatoms. The van der Waals surface area contributed by atoms with E-state index in [1.54, 1.807) is 24.3 Å². The molecule has 0 aliphatic rings. The van der Waals surface area contributed by atoms with E-state index in [0.717, 1.165) is 11.5 Å². The third-order valence-corrected chi connectivity index (χ3v) is 4.05. The summed E-state index contributed by atoms with van der Waals surface area (Å²) in [6.45, 7) is 0.448. The first-order valence-electron chi connectivity index (χ1n) is 7.97. The zero-order valence-electron chi connectivity index (χ0n) is 13.5. The van der Waals surface area contributed by atoms with Crippen molar-refractivity contribution >= 4 is 28.9 Å². The Labute approximate surface area is 149 Å². The van der Waals surface area contributed by atoms with Gasteiger partial charge < -0.3 is 5.32 Å². The van der Waals surface area contributed by atoms with Crippen LogP contribution in [0.1, 0.15) is 29.0 Å². The molecular weight excluding hydrogens is 340 g/mol. The molecule has 0 bridgehead atoms. The molecule has 1 aromatic carbocycles. The Hall–Kier alpha value is -2.73. The maximum Gasteiger partial charge on any atom is 0.220 e. The number of nitrogens with one attached hydrogen (secondary N) is 1. The molecule has 128 valence electrons.